The second kappa shape index (κ2) is 6.35. The number of carbonyl (C=O) groups excluding carboxylic acids is 1. The highest BCUT2D eigenvalue weighted by molar-refractivity contribution is 6.24. The summed E-state index contributed by atoms with van der Waals surface area (Å²) in [5.74, 6) is 0.268. The first-order valence-corrected chi connectivity index (χ1v) is 9.79. The maximum atomic E-state index is 13.1. The molecule has 0 aromatic heterocycles. The number of carbonyl (C=O) groups is 1. The van der Waals surface area contributed by atoms with Crippen molar-refractivity contribution in [1.29, 1.82) is 0 Å². The summed E-state index contributed by atoms with van der Waals surface area (Å²) in [7, 11) is 1.68. The van der Waals surface area contributed by atoms with E-state index in [-0.39, 0.29) is 5.91 Å². The lowest BCUT2D eigenvalue weighted by atomic mass is 9.77. The first-order valence-electron chi connectivity index (χ1n) is 9.79. The standard InChI is InChI=1S/C22H29NO4/c1-13-12-14(2)17(16(4)15(13)3)18-19(25-5)21(23-20(18)24)6-8-22(9-7-21)26-10-11-27-22/h12H,6-11H2,1-5H3,(H,23,24). The van der Waals surface area contributed by atoms with E-state index in [9.17, 15) is 4.79 Å². The maximum absolute atomic E-state index is 13.1. The molecule has 2 aliphatic heterocycles. The van der Waals surface area contributed by atoms with Gasteiger partial charge in [0, 0.05) is 12.8 Å². The molecule has 5 nitrogen and oxygen atoms in total. The van der Waals surface area contributed by atoms with Crippen molar-refractivity contribution in [2.45, 2.75) is 64.7 Å². The quantitative estimate of drug-likeness (QED) is 0.865. The molecule has 1 aromatic carbocycles. The Balaban J connectivity index is 1.78. The van der Waals surface area contributed by atoms with Crippen LogP contribution in [0.3, 0.4) is 0 Å². The van der Waals surface area contributed by atoms with Crippen molar-refractivity contribution in [3.8, 4) is 0 Å². The first kappa shape index (κ1) is 18.5. The van der Waals surface area contributed by atoms with Crippen LogP contribution in [0.15, 0.2) is 11.8 Å². The van der Waals surface area contributed by atoms with Crippen LogP contribution in [0.5, 0.6) is 0 Å². The Morgan fingerprint density at radius 3 is 2.19 bits per heavy atom. The van der Waals surface area contributed by atoms with E-state index in [4.69, 9.17) is 14.2 Å². The number of hydrogen-bond acceptors (Lipinski definition) is 4. The van der Waals surface area contributed by atoms with Gasteiger partial charge in [-0.2, -0.15) is 0 Å². The van der Waals surface area contributed by atoms with E-state index in [0.29, 0.717) is 18.8 Å². The molecule has 0 unspecified atom stereocenters. The summed E-state index contributed by atoms with van der Waals surface area (Å²) < 4.78 is 17.6. The number of benzene rings is 1. The fourth-order valence-corrected chi connectivity index (χ4v) is 5.07. The smallest absolute Gasteiger partial charge is 0.256 e. The molecular formula is C22H29NO4. The Labute approximate surface area is 161 Å². The number of methoxy groups -OCH3 is 1. The van der Waals surface area contributed by atoms with Crippen LogP contribution in [-0.4, -0.2) is 37.6 Å². The minimum absolute atomic E-state index is 0.0366. The van der Waals surface area contributed by atoms with Gasteiger partial charge in [0.2, 0.25) is 0 Å². The molecule has 146 valence electrons. The van der Waals surface area contributed by atoms with Gasteiger partial charge in [-0.25, -0.2) is 0 Å². The zero-order chi connectivity index (χ0) is 19.4. The highest BCUT2D eigenvalue weighted by Gasteiger charge is 2.54. The minimum Gasteiger partial charge on any atom is -0.498 e. The van der Waals surface area contributed by atoms with Gasteiger partial charge in [-0.05, 0) is 68.4 Å². The van der Waals surface area contributed by atoms with Crippen molar-refractivity contribution in [2.24, 2.45) is 0 Å². The number of aryl methyl sites for hydroxylation is 2. The molecule has 0 radical (unpaired) electrons. The monoisotopic (exact) mass is 371 g/mol. The fraction of sp³-hybridized carbons (Fsp3) is 0.591. The Bertz CT molecular complexity index is 823. The second-order valence-electron chi connectivity index (χ2n) is 8.19. The molecule has 2 heterocycles. The van der Waals surface area contributed by atoms with Crippen LogP contribution in [-0.2, 0) is 19.0 Å². The summed E-state index contributed by atoms with van der Waals surface area (Å²) in [5, 5.41) is 3.26. The third-order valence-electron chi connectivity index (χ3n) is 6.73. The third-order valence-corrected chi connectivity index (χ3v) is 6.73. The van der Waals surface area contributed by atoms with Gasteiger partial charge >= 0.3 is 0 Å². The van der Waals surface area contributed by atoms with Gasteiger partial charge in [0.25, 0.3) is 5.91 Å². The number of ether oxygens (including phenoxy) is 3. The predicted molar refractivity (Wildman–Crippen MR) is 103 cm³/mol. The molecule has 1 amide bonds. The molecular weight excluding hydrogens is 342 g/mol. The van der Waals surface area contributed by atoms with E-state index in [2.05, 4.69) is 39.1 Å². The summed E-state index contributed by atoms with van der Waals surface area (Å²) in [6.45, 7) is 9.70. The zero-order valence-electron chi connectivity index (χ0n) is 17.0. The normalized spacial score (nSPS) is 23.4. The first-order chi connectivity index (χ1) is 12.8. The average Bonchev–Trinajstić information content (AvgIpc) is 3.20. The van der Waals surface area contributed by atoms with Gasteiger partial charge in [0.05, 0.1) is 31.4 Å². The molecule has 1 saturated carbocycles. The van der Waals surface area contributed by atoms with Crippen LogP contribution in [0.2, 0.25) is 0 Å². The molecule has 5 heteroatoms. The van der Waals surface area contributed by atoms with Crippen molar-refractivity contribution < 1.29 is 19.0 Å². The molecule has 1 aliphatic carbocycles. The van der Waals surface area contributed by atoms with Crippen LogP contribution in [0, 0.1) is 27.7 Å². The van der Waals surface area contributed by atoms with Crippen molar-refractivity contribution in [3.63, 3.8) is 0 Å². The van der Waals surface area contributed by atoms with Gasteiger partial charge < -0.3 is 19.5 Å². The molecule has 3 aliphatic rings. The zero-order valence-corrected chi connectivity index (χ0v) is 17.0. The van der Waals surface area contributed by atoms with E-state index in [1.807, 2.05) is 0 Å². The van der Waals surface area contributed by atoms with Crippen LogP contribution < -0.4 is 5.32 Å². The van der Waals surface area contributed by atoms with Crippen LogP contribution in [0.4, 0.5) is 0 Å². The van der Waals surface area contributed by atoms with Crippen molar-refractivity contribution in [1.82, 2.24) is 5.32 Å². The third kappa shape index (κ3) is 2.71. The van der Waals surface area contributed by atoms with Gasteiger partial charge in [-0.3, -0.25) is 4.79 Å². The summed E-state index contributed by atoms with van der Waals surface area (Å²) >= 11 is 0. The summed E-state index contributed by atoms with van der Waals surface area (Å²) in [5.41, 5.74) is 5.98. The minimum atomic E-state index is -0.468. The Kier molecular flexibility index (Phi) is 4.35. The lowest BCUT2D eigenvalue weighted by Gasteiger charge is -2.42. The number of nitrogens with one attached hydrogen (secondary N) is 1. The summed E-state index contributed by atoms with van der Waals surface area (Å²) in [6.07, 6.45) is 3.04. The maximum Gasteiger partial charge on any atom is 0.256 e. The van der Waals surface area contributed by atoms with Gasteiger partial charge in [-0.15, -0.1) is 0 Å². The number of rotatable bonds is 2. The molecule has 0 bridgehead atoms. The molecule has 0 atom stereocenters. The van der Waals surface area contributed by atoms with Gasteiger partial charge in [0.1, 0.15) is 5.76 Å². The van der Waals surface area contributed by atoms with Crippen LogP contribution in [0.25, 0.3) is 5.57 Å². The average molecular weight is 371 g/mol. The molecule has 1 saturated heterocycles. The topological polar surface area (TPSA) is 56.8 Å². The number of amides is 1. The lowest BCUT2D eigenvalue weighted by Crippen LogP contribution is -2.52. The lowest BCUT2D eigenvalue weighted by molar-refractivity contribution is -0.185. The summed E-state index contributed by atoms with van der Waals surface area (Å²) in [6, 6.07) is 2.16. The van der Waals surface area contributed by atoms with Crippen LogP contribution in [0.1, 0.15) is 53.5 Å². The summed E-state index contributed by atoms with van der Waals surface area (Å²) in [4.78, 5) is 13.1. The molecule has 27 heavy (non-hydrogen) atoms. The predicted octanol–water partition coefficient (Wildman–Crippen LogP) is 3.46. The molecule has 1 N–H and O–H groups in total. The number of hydrogen-bond donors (Lipinski definition) is 1. The second-order valence-corrected chi connectivity index (χ2v) is 8.19. The molecule has 1 aromatic rings. The molecule has 4 rings (SSSR count). The molecule has 2 spiro atoms. The van der Waals surface area contributed by atoms with Gasteiger partial charge in [-0.1, -0.05) is 6.07 Å². The Hall–Kier alpha value is -1.85. The Morgan fingerprint density at radius 1 is 0.963 bits per heavy atom. The van der Waals surface area contributed by atoms with E-state index in [0.717, 1.165) is 48.1 Å². The van der Waals surface area contributed by atoms with E-state index < -0.39 is 11.3 Å². The fourth-order valence-electron chi connectivity index (χ4n) is 5.07. The van der Waals surface area contributed by atoms with Crippen LogP contribution >= 0.6 is 0 Å². The highest BCUT2D eigenvalue weighted by atomic mass is 16.7. The highest BCUT2D eigenvalue weighted by Crippen LogP contribution is 2.48. The Morgan fingerprint density at radius 2 is 1.59 bits per heavy atom. The SMILES string of the molecule is COC1=C(c2c(C)cc(C)c(C)c2C)C(=O)NC12CCC1(CC2)OCCO1. The van der Waals surface area contributed by atoms with E-state index in [1.54, 1.807) is 7.11 Å². The van der Waals surface area contributed by atoms with Crippen molar-refractivity contribution >= 4 is 11.5 Å². The van der Waals surface area contributed by atoms with E-state index >= 15 is 0 Å². The van der Waals surface area contributed by atoms with Gasteiger partial charge in [0.15, 0.2) is 5.79 Å². The molecule has 2 fully saturated rings. The van der Waals surface area contributed by atoms with Crippen molar-refractivity contribution in [2.75, 3.05) is 20.3 Å². The van der Waals surface area contributed by atoms with Crippen molar-refractivity contribution in [3.05, 3.63) is 39.6 Å². The van der Waals surface area contributed by atoms with E-state index in [1.165, 1.54) is 11.1 Å². The largest absolute Gasteiger partial charge is 0.498 e.